The monoisotopic (exact) mass is 230 g/mol. The normalized spacial score (nSPS) is 13.7. The Kier molecular flexibility index (Phi) is 3.71. The van der Waals surface area contributed by atoms with Crippen molar-refractivity contribution in [1.82, 2.24) is 0 Å². The summed E-state index contributed by atoms with van der Waals surface area (Å²) in [6.45, 7) is -0.301. The predicted molar refractivity (Wildman–Crippen MR) is 57.6 cm³/mol. The van der Waals surface area contributed by atoms with Crippen molar-refractivity contribution >= 4 is 9.84 Å². The summed E-state index contributed by atoms with van der Waals surface area (Å²) in [4.78, 5) is 0. The van der Waals surface area contributed by atoms with E-state index in [1.165, 1.54) is 6.07 Å². The predicted octanol–water partition coefficient (Wildman–Crippen LogP) is 0.513. The van der Waals surface area contributed by atoms with Gasteiger partial charge in [0.15, 0.2) is 0 Å². The number of phenols is 1. The van der Waals surface area contributed by atoms with Crippen molar-refractivity contribution in [1.29, 1.82) is 0 Å². The number of hydrogen-bond donors (Lipinski definition) is 2. The molecule has 0 aliphatic rings. The van der Waals surface area contributed by atoms with Gasteiger partial charge in [-0.05, 0) is 6.07 Å². The highest BCUT2D eigenvalue weighted by Gasteiger charge is 2.19. The highest BCUT2D eigenvalue weighted by molar-refractivity contribution is 7.90. The quantitative estimate of drug-likeness (QED) is 0.790. The summed E-state index contributed by atoms with van der Waals surface area (Å²) >= 11 is 0. The molecule has 0 aliphatic heterocycles. The van der Waals surface area contributed by atoms with Crippen molar-refractivity contribution < 1.29 is 18.6 Å². The van der Waals surface area contributed by atoms with Gasteiger partial charge in [0.25, 0.3) is 0 Å². The molecule has 0 spiro atoms. The summed E-state index contributed by atoms with van der Waals surface area (Å²) in [6.07, 6.45) is 1.11. The molecule has 0 heterocycles. The lowest BCUT2D eigenvalue weighted by Crippen LogP contribution is -2.16. The van der Waals surface area contributed by atoms with Crippen molar-refractivity contribution in [2.75, 3.05) is 18.6 Å². The van der Waals surface area contributed by atoms with Crippen LogP contribution in [0, 0.1) is 0 Å². The Balaban J connectivity index is 2.98. The van der Waals surface area contributed by atoms with Gasteiger partial charge in [0.2, 0.25) is 0 Å². The van der Waals surface area contributed by atoms with Gasteiger partial charge in [-0.1, -0.05) is 18.2 Å². The molecule has 84 valence electrons. The molecule has 2 N–H and O–H groups in total. The molecule has 0 saturated carbocycles. The molecular weight excluding hydrogens is 216 g/mol. The fourth-order valence-corrected chi connectivity index (χ4v) is 2.45. The van der Waals surface area contributed by atoms with Gasteiger partial charge in [0.1, 0.15) is 15.6 Å². The Bertz CT molecular complexity index is 425. The fourth-order valence-electron chi connectivity index (χ4n) is 1.44. The summed E-state index contributed by atoms with van der Waals surface area (Å²) < 4.78 is 22.2. The van der Waals surface area contributed by atoms with Crippen LogP contribution in [-0.2, 0) is 9.84 Å². The highest BCUT2D eigenvalue weighted by Crippen LogP contribution is 2.25. The Morgan fingerprint density at radius 3 is 2.40 bits per heavy atom. The molecule has 0 amide bonds. The van der Waals surface area contributed by atoms with E-state index in [-0.39, 0.29) is 18.1 Å². The van der Waals surface area contributed by atoms with Gasteiger partial charge >= 0.3 is 0 Å². The number of phenolic OH excluding ortho intramolecular Hbond substituents is 1. The standard InChI is InChI=1S/C10H14O4S/c1-15(13,14)7-8(6-11)9-4-2-3-5-10(9)12/h2-5,8,11-12H,6-7H2,1H3. The minimum absolute atomic E-state index is 0.0141. The Labute approximate surface area is 89.1 Å². The van der Waals surface area contributed by atoms with Gasteiger partial charge in [-0.3, -0.25) is 0 Å². The summed E-state index contributed by atoms with van der Waals surface area (Å²) in [6, 6.07) is 6.43. The molecule has 0 aliphatic carbocycles. The number of aromatic hydroxyl groups is 1. The van der Waals surface area contributed by atoms with Gasteiger partial charge in [0.05, 0.1) is 12.4 Å². The smallest absolute Gasteiger partial charge is 0.148 e. The van der Waals surface area contributed by atoms with E-state index in [1.807, 2.05) is 0 Å². The zero-order chi connectivity index (χ0) is 11.5. The second-order valence-electron chi connectivity index (χ2n) is 3.53. The zero-order valence-electron chi connectivity index (χ0n) is 8.42. The van der Waals surface area contributed by atoms with Gasteiger partial charge < -0.3 is 10.2 Å². The molecule has 1 aromatic rings. The minimum Gasteiger partial charge on any atom is -0.508 e. The summed E-state index contributed by atoms with van der Waals surface area (Å²) in [5.41, 5.74) is 0.463. The van der Waals surface area contributed by atoms with Gasteiger partial charge in [-0.2, -0.15) is 0 Å². The maximum atomic E-state index is 11.1. The van der Waals surface area contributed by atoms with E-state index in [0.29, 0.717) is 5.56 Å². The molecule has 4 nitrogen and oxygen atoms in total. The number of aliphatic hydroxyl groups excluding tert-OH is 1. The van der Waals surface area contributed by atoms with Crippen molar-refractivity contribution in [3.63, 3.8) is 0 Å². The maximum Gasteiger partial charge on any atom is 0.148 e. The molecule has 1 unspecified atom stereocenters. The first-order chi connectivity index (χ1) is 6.94. The number of rotatable bonds is 4. The van der Waals surface area contributed by atoms with Crippen molar-refractivity contribution in [2.45, 2.75) is 5.92 Å². The van der Waals surface area contributed by atoms with Gasteiger partial charge in [-0.25, -0.2) is 8.42 Å². The SMILES string of the molecule is CS(=O)(=O)CC(CO)c1ccccc1O. The van der Waals surface area contributed by atoms with E-state index in [1.54, 1.807) is 18.2 Å². The molecule has 0 saturated heterocycles. The fraction of sp³-hybridized carbons (Fsp3) is 0.400. The first-order valence-electron chi connectivity index (χ1n) is 4.50. The first-order valence-corrected chi connectivity index (χ1v) is 6.56. The van der Waals surface area contributed by atoms with Crippen LogP contribution in [-0.4, -0.2) is 37.2 Å². The van der Waals surface area contributed by atoms with Crippen LogP contribution in [0.25, 0.3) is 0 Å². The molecule has 0 aromatic heterocycles. The molecule has 0 radical (unpaired) electrons. The van der Waals surface area contributed by atoms with E-state index in [0.717, 1.165) is 6.26 Å². The Morgan fingerprint density at radius 1 is 1.33 bits per heavy atom. The van der Waals surface area contributed by atoms with Crippen LogP contribution in [0.15, 0.2) is 24.3 Å². The molecule has 1 atom stereocenters. The molecule has 15 heavy (non-hydrogen) atoms. The van der Waals surface area contributed by atoms with E-state index < -0.39 is 15.8 Å². The highest BCUT2D eigenvalue weighted by atomic mass is 32.2. The molecule has 1 rings (SSSR count). The lowest BCUT2D eigenvalue weighted by Gasteiger charge is -2.14. The van der Waals surface area contributed by atoms with Gasteiger partial charge in [-0.15, -0.1) is 0 Å². The average Bonchev–Trinajstić information content (AvgIpc) is 2.14. The third kappa shape index (κ3) is 3.53. The molecular formula is C10H14O4S. The summed E-state index contributed by atoms with van der Waals surface area (Å²) in [5, 5.41) is 18.6. The number of aliphatic hydroxyl groups is 1. The number of hydrogen-bond acceptors (Lipinski definition) is 4. The van der Waals surface area contributed by atoms with E-state index in [2.05, 4.69) is 0 Å². The third-order valence-electron chi connectivity index (χ3n) is 2.10. The third-order valence-corrected chi connectivity index (χ3v) is 3.11. The molecule has 0 bridgehead atoms. The second-order valence-corrected chi connectivity index (χ2v) is 5.72. The largest absolute Gasteiger partial charge is 0.508 e. The van der Waals surface area contributed by atoms with Crippen LogP contribution < -0.4 is 0 Å². The minimum atomic E-state index is -3.17. The van der Waals surface area contributed by atoms with Crippen molar-refractivity contribution in [3.8, 4) is 5.75 Å². The maximum absolute atomic E-state index is 11.1. The lowest BCUT2D eigenvalue weighted by atomic mass is 10.0. The van der Waals surface area contributed by atoms with Crippen LogP contribution in [0.1, 0.15) is 11.5 Å². The van der Waals surface area contributed by atoms with Crippen LogP contribution in [0.4, 0.5) is 0 Å². The van der Waals surface area contributed by atoms with Crippen molar-refractivity contribution in [3.05, 3.63) is 29.8 Å². The average molecular weight is 230 g/mol. The van der Waals surface area contributed by atoms with Crippen molar-refractivity contribution in [2.24, 2.45) is 0 Å². The molecule has 1 aromatic carbocycles. The number of para-hydroxylation sites is 1. The molecule has 0 fully saturated rings. The Morgan fingerprint density at radius 2 is 1.93 bits per heavy atom. The van der Waals surface area contributed by atoms with Crippen LogP contribution in [0.5, 0.6) is 5.75 Å². The van der Waals surface area contributed by atoms with E-state index in [9.17, 15) is 13.5 Å². The molecule has 5 heteroatoms. The summed E-state index contributed by atoms with van der Waals surface area (Å²) in [7, 11) is -3.17. The lowest BCUT2D eigenvalue weighted by molar-refractivity contribution is 0.271. The van der Waals surface area contributed by atoms with Crippen LogP contribution in [0.2, 0.25) is 0 Å². The Hall–Kier alpha value is -1.07. The summed E-state index contributed by atoms with van der Waals surface area (Å²) in [5.74, 6) is -0.720. The van der Waals surface area contributed by atoms with Gasteiger partial charge in [0, 0.05) is 17.7 Å². The second kappa shape index (κ2) is 4.63. The zero-order valence-corrected chi connectivity index (χ0v) is 9.24. The van der Waals surface area contributed by atoms with Crippen LogP contribution >= 0.6 is 0 Å². The topological polar surface area (TPSA) is 74.6 Å². The first kappa shape index (κ1) is 12.0. The van der Waals surface area contributed by atoms with Crippen LogP contribution in [0.3, 0.4) is 0 Å². The number of benzene rings is 1. The van der Waals surface area contributed by atoms with E-state index in [4.69, 9.17) is 5.11 Å². The number of sulfone groups is 1. The van der Waals surface area contributed by atoms with E-state index >= 15 is 0 Å².